The lowest BCUT2D eigenvalue weighted by Crippen LogP contribution is -2.25. The van der Waals surface area contributed by atoms with E-state index in [9.17, 15) is 8.78 Å². The highest BCUT2D eigenvalue weighted by atomic mass is 35.5. The summed E-state index contributed by atoms with van der Waals surface area (Å²) in [6, 6.07) is 0. The van der Waals surface area contributed by atoms with Crippen molar-refractivity contribution in [3.63, 3.8) is 0 Å². The molecule has 6 heteroatoms. The zero-order valence-corrected chi connectivity index (χ0v) is 8.71. The van der Waals surface area contributed by atoms with Crippen molar-refractivity contribution in [3.05, 3.63) is 18.1 Å². The SMILES string of the molecule is FC1(F)CCN(c2cncc(CCl)n2)C1. The molecule has 0 unspecified atom stereocenters. The van der Waals surface area contributed by atoms with Gasteiger partial charge in [0, 0.05) is 19.2 Å². The smallest absolute Gasteiger partial charge is 0.266 e. The van der Waals surface area contributed by atoms with Gasteiger partial charge >= 0.3 is 0 Å². The first-order valence-corrected chi connectivity index (χ1v) is 5.14. The summed E-state index contributed by atoms with van der Waals surface area (Å²) in [6.45, 7) is 0.0286. The highest BCUT2D eigenvalue weighted by molar-refractivity contribution is 6.16. The van der Waals surface area contributed by atoms with Crippen LogP contribution in [-0.2, 0) is 5.88 Å². The van der Waals surface area contributed by atoms with E-state index in [1.54, 1.807) is 0 Å². The van der Waals surface area contributed by atoms with Crippen molar-refractivity contribution in [3.8, 4) is 0 Å². The zero-order valence-electron chi connectivity index (χ0n) is 7.96. The van der Waals surface area contributed by atoms with E-state index >= 15 is 0 Å². The van der Waals surface area contributed by atoms with E-state index in [0.717, 1.165) is 0 Å². The zero-order chi connectivity index (χ0) is 10.9. The van der Waals surface area contributed by atoms with Gasteiger partial charge in [-0.2, -0.15) is 0 Å². The Labute approximate surface area is 91.1 Å². The molecule has 0 aromatic carbocycles. The molecule has 1 aliphatic heterocycles. The molecule has 0 radical (unpaired) electrons. The second-order valence-electron chi connectivity index (χ2n) is 3.53. The summed E-state index contributed by atoms with van der Waals surface area (Å²) in [5.41, 5.74) is 0.601. The summed E-state index contributed by atoms with van der Waals surface area (Å²) in [4.78, 5) is 9.58. The van der Waals surface area contributed by atoms with E-state index in [1.807, 2.05) is 0 Å². The summed E-state index contributed by atoms with van der Waals surface area (Å²) in [5.74, 6) is -1.89. The van der Waals surface area contributed by atoms with E-state index in [-0.39, 0.29) is 18.8 Å². The van der Waals surface area contributed by atoms with Crippen LogP contribution < -0.4 is 4.90 Å². The number of alkyl halides is 3. The van der Waals surface area contributed by atoms with E-state index < -0.39 is 5.92 Å². The molecule has 1 fully saturated rings. The van der Waals surface area contributed by atoms with Crippen LogP contribution in [-0.4, -0.2) is 29.0 Å². The van der Waals surface area contributed by atoms with Crippen LogP contribution in [0.5, 0.6) is 0 Å². The maximum atomic E-state index is 12.9. The lowest BCUT2D eigenvalue weighted by molar-refractivity contribution is 0.0256. The fourth-order valence-corrected chi connectivity index (χ4v) is 1.67. The molecule has 0 aliphatic carbocycles. The van der Waals surface area contributed by atoms with Crippen LogP contribution in [0.4, 0.5) is 14.6 Å². The summed E-state index contributed by atoms with van der Waals surface area (Å²) >= 11 is 5.59. The van der Waals surface area contributed by atoms with Crippen LogP contribution in [0.1, 0.15) is 12.1 Å². The van der Waals surface area contributed by atoms with Gasteiger partial charge in [0.05, 0.1) is 24.3 Å². The predicted molar refractivity (Wildman–Crippen MR) is 53.4 cm³/mol. The van der Waals surface area contributed by atoms with Crippen LogP contribution in [0.2, 0.25) is 0 Å². The Bertz CT molecular complexity index is 359. The number of halogens is 3. The second-order valence-corrected chi connectivity index (χ2v) is 3.80. The number of hydrogen-bond acceptors (Lipinski definition) is 3. The minimum absolute atomic E-state index is 0.125. The number of aromatic nitrogens is 2. The quantitative estimate of drug-likeness (QED) is 0.733. The molecule has 0 atom stereocenters. The first kappa shape index (κ1) is 10.5. The van der Waals surface area contributed by atoms with Crippen LogP contribution >= 0.6 is 11.6 Å². The summed E-state index contributed by atoms with van der Waals surface area (Å²) in [5, 5.41) is 0. The van der Waals surface area contributed by atoms with Crippen molar-refractivity contribution >= 4 is 17.4 Å². The van der Waals surface area contributed by atoms with E-state index in [0.29, 0.717) is 18.1 Å². The monoisotopic (exact) mass is 233 g/mol. The molecule has 0 amide bonds. The van der Waals surface area contributed by atoms with Crippen molar-refractivity contribution < 1.29 is 8.78 Å². The maximum absolute atomic E-state index is 12.9. The molecule has 0 spiro atoms. The highest BCUT2D eigenvalue weighted by Crippen LogP contribution is 2.29. The van der Waals surface area contributed by atoms with Gasteiger partial charge in [0.1, 0.15) is 5.82 Å². The van der Waals surface area contributed by atoms with E-state index in [2.05, 4.69) is 9.97 Å². The molecule has 1 aromatic heterocycles. The average Bonchev–Trinajstić information content (AvgIpc) is 2.59. The van der Waals surface area contributed by atoms with Crippen molar-refractivity contribution in [1.29, 1.82) is 0 Å². The maximum Gasteiger partial charge on any atom is 0.266 e. The van der Waals surface area contributed by atoms with Gasteiger partial charge in [-0.25, -0.2) is 13.8 Å². The van der Waals surface area contributed by atoms with Crippen LogP contribution in [0.15, 0.2) is 12.4 Å². The van der Waals surface area contributed by atoms with Crippen molar-refractivity contribution in [2.75, 3.05) is 18.0 Å². The van der Waals surface area contributed by atoms with Gasteiger partial charge in [-0.3, -0.25) is 4.98 Å². The predicted octanol–water partition coefficient (Wildman–Crippen LogP) is 2.06. The molecule has 1 aromatic rings. The Morgan fingerprint density at radius 1 is 1.47 bits per heavy atom. The molecule has 3 nitrogen and oxygen atoms in total. The summed E-state index contributed by atoms with van der Waals surface area (Å²) in [7, 11) is 0. The number of hydrogen-bond donors (Lipinski definition) is 0. The van der Waals surface area contributed by atoms with Crippen LogP contribution in [0.25, 0.3) is 0 Å². The fourth-order valence-electron chi connectivity index (χ4n) is 1.54. The number of anilines is 1. The van der Waals surface area contributed by atoms with E-state index in [1.165, 1.54) is 17.3 Å². The lowest BCUT2D eigenvalue weighted by atomic mass is 10.3. The molecule has 0 saturated carbocycles. The summed E-state index contributed by atoms with van der Waals surface area (Å²) < 4.78 is 25.9. The Balaban J connectivity index is 2.16. The van der Waals surface area contributed by atoms with Gasteiger partial charge in [-0.05, 0) is 0 Å². The molecule has 2 heterocycles. The molecule has 0 bridgehead atoms. The molecule has 82 valence electrons. The highest BCUT2D eigenvalue weighted by Gasteiger charge is 2.38. The van der Waals surface area contributed by atoms with E-state index in [4.69, 9.17) is 11.6 Å². The van der Waals surface area contributed by atoms with Gasteiger partial charge in [0.25, 0.3) is 5.92 Å². The average molecular weight is 234 g/mol. The molecule has 1 aliphatic rings. The van der Waals surface area contributed by atoms with Crippen molar-refractivity contribution in [2.45, 2.75) is 18.2 Å². The van der Waals surface area contributed by atoms with Crippen LogP contribution in [0, 0.1) is 0 Å². The molecular weight excluding hydrogens is 224 g/mol. The van der Waals surface area contributed by atoms with Crippen molar-refractivity contribution in [1.82, 2.24) is 9.97 Å². The van der Waals surface area contributed by atoms with Crippen LogP contribution in [0.3, 0.4) is 0 Å². The third-order valence-electron chi connectivity index (χ3n) is 2.30. The fraction of sp³-hybridized carbons (Fsp3) is 0.556. The molecule has 0 N–H and O–H groups in total. The minimum atomic E-state index is -2.61. The first-order valence-electron chi connectivity index (χ1n) is 4.60. The number of nitrogens with zero attached hydrogens (tertiary/aromatic N) is 3. The minimum Gasteiger partial charge on any atom is -0.349 e. The standard InChI is InChI=1S/C9H10ClF2N3/c10-3-7-4-13-5-8(14-7)15-2-1-9(11,12)6-15/h4-5H,1-3,6H2. The van der Waals surface area contributed by atoms with Crippen molar-refractivity contribution in [2.24, 2.45) is 0 Å². The largest absolute Gasteiger partial charge is 0.349 e. The Kier molecular flexibility index (Phi) is 2.73. The number of rotatable bonds is 2. The Morgan fingerprint density at radius 2 is 2.27 bits per heavy atom. The third kappa shape index (κ3) is 2.34. The molecular formula is C9H10ClF2N3. The van der Waals surface area contributed by atoms with Gasteiger partial charge < -0.3 is 4.90 Å². The summed E-state index contributed by atoms with van der Waals surface area (Å²) in [6.07, 6.45) is 2.89. The normalized spacial score (nSPS) is 19.5. The topological polar surface area (TPSA) is 29.0 Å². The van der Waals surface area contributed by atoms with Gasteiger partial charge in [-0.1, -0.05) is 0 Å². The second kappa shape index (κ2) is 3.89. The lowest BCUT2D eigenvalue weighted by Gasteiger charge is -2.16. The molecule has 2 rings (SSSR count). The van der Waals surface area contributed by atoms with Gasteiger partial charge in [-0.15, -0.1) is 11.6 Å². The Hall–Kier alpha value is -0.970. The van der Waals surface area contributed by atoms with Gasteiger partial charge in [0.2, 0.25) is 0 Å². The first-order chi connectivity index (χ1) is 7.11. The van der Waals surface area contributed by atoms with Gasteiger partial charge in [0.15, 0.2) is 0 Å². The molecule has 1 saturated heterocycles. The Morgan fingerprint density at radius 3 is 2.87 bits per heavy atom. The third-order valence-corrected chi connectivity index (χ3v) is 2.58. The molecule has 15 heavy (non-hydrogen) atoms.